The molecule has 1 atom stereocenters. The van der Waals surface area contributed by atoms with Gasteiger partial charge in [-0.25, -0.2) is 0 Å². The van der Waals surface area contributed by atoms with E-state index in [0.717, 1.165) is 17.0 Å². The van der Waals surface area contributed by atoms with Crippen LogP contribution in [0, 0.1) is 6.92 Å². The zero-order valence-electron chi connectivity index (χ0n) is 11.1. The average Bonchev–Trinajstić information content (AvgIpc) is 2.44. The Balaban J connectivity index is 2.07. The molecule has 1 N–H and O–H groups in total. The highest BCUT2D eigenvalue weighted by Gasteiger charge is 2.14. The van der Waals surface area contributed by atoms with E-state index in [1.165, 1.54) is 0 Å². The molecular weight excluding hydrogens is 317 g/mol. The van der Waals surface area contributed by atoms with Gasteiger partial charge in [0.15, 0.2) is 0 Å². The smallest absolute Gasteiger partial charge is 0.0781 e. The summed E-state index contributed by atoms with van der Waals surface area (Å²) in [6.45, 7) is 4.51. The first-order valence-corrected chi connectivity index (χ1v) is 7.26. The van der Waals surface area contributed by atoms with Crippen molar-refractivity contribution in [3.8, 4) is 0 Å². The molecule has 3 nitrogen and oxygen atoms in total. The second kappa shape index (κ2) is 6.72. The lowest BCUT2D eigenvalue weighted by molar-refractivity contribution is 0.566. The van der Waals surface area contributed by atoms with Gasteiger partial charge in [0.05, 0.1) is 26.5 Å². The number of benzene rings is 1. The monoisotopic (exact) mass is 329 g/mol. The fraction of sp³-hybridized carbons (Fsp3) is 0.286. The van der Waals surface area contributed by atoms with Crippen LogP contribution in [0.4, 0.5) is 0 Å². The predicted octanol–water partition coefficient (Wildman–Crippen LogP) is 4.60. The number of aryl methyl sites for hydroxylation is 1. The molecule has 2 rings (SSSR count). The van der Waals surface area contributed by atoms with E-state index in [1.807, 2.05) is 19.9 Å². The van der Waals surface area contributed by atoms with Crippen molar-refractivity contribution in [1.29, 1.82) is 0 Å². The van der Waals surface area contributed by atoms with Gasteiger partial charge in [0, 0.05) is 25.0 Å². The van der Waals surface area contributed by atoms with E-state index in [0.29, 0.717) is 21.6 Å². The van der Waals surface area contributed by atoms with Crippen LogP contribution in [0.2, 0.25) is 15.1 Å². The van der Waals surface area contributed by atoms with Gasteiger partial charge in [-0.2, -0.15) is 0 Å². The summed E-state index contributed by atoms with van der Waals surface area (Å²) < 4.78 is 0. The van der Waals surface area contributed by atoms with Crippen LogP contribution < -0.4 is 5.32 Å². The van der Waals surface area contributed by atoms with E-state index in [4.69, 9.17) is 34.8 Å². The van der Waals surface area contributed by atoms with Crippen LogP contribution in [0.25, 0.3) is 0 Å². The second-order valence-corrected chi connectivity index (χ2v) is 5.68. The standard InChI is InChI=1S/C14H14Cl3N3/c1-8-5-20-10(6-18-8)7-19-9(2)11-3-4-12(15)14(17)13(11)16/h3-6,9,19H,7H2,1-2H3. The van der Waals surface area contributed by atoms with E-state index in [2.05, 4.69) is 15.3 Å². The largest absolute Gasteiger partial charge is 0.304 e. The lowest BCUT2D eigenvalue weighted by atomic mass is 10.1. The summed E-state index contributed by atoms with van der Waals surface area (Å²) in [6, 6.07) is 3.64. The number of aromatic nitrogens is 2. The minimum absolute atomic E-state index is 0.0281. The van der Waals surface area contributed by atoms with Crippen molar-refractivity contribution in [3.05, 3.63) is 56.5 Å². The Hall–Kier alpha value is -0.870. The van der Waals surface area contributed by atoms with Gasteiger partial charge in [-0.3, -0.25) is 9.97 Å². The first-order chi connectivity index (χ1) is 9.49. The van der Waals surface area contributed by atoms with Crippen LogP contribution in [0.3, 0.4) is 0 Å². The van der Waals surface area contributed by atoms with E-state index in [-0.39, 0.29) is 6.04 Å². The van der Waals surface area contributed by atoms with Gasteiger partial charge in [-0.05, 0) is 25.5 Å². The number of hydrogen-bond donors (Lipinski definition) is 1. The van der Waals surface area contributed by atoms with E-state index in [9.17, 15) is 0 Å². The molecule has 0 radical (unpaired) electrons. The zero-order valence-corrected chi connectivity index (χ0v) is 13.4. The molecule has 0 aliphatic rings. The fourth-order valence-electron chi connectivity index (χ4n) is 1.75. The Morgan fingerprint density at radius 2 is 1.85 bits per heavy atom. The maximum atomic E-state index is 6.21. The fourth-order valence-corrected chi connectivity index (χ4v) is 2.46. The summed E-state index contributed by atoms with van der Waals surface area (Å²) in [4.78, 5) is 8.50. The summed E-state index contributed by atoms with van der Waals surface area (Å²) in [5.74, 6) is 0. The third-order valence-electron chi connectivity index (χ3n) is 2.96. The Labute approximate surface area is 133 Å². The van der Waals surface area contributed by atoms with Gasteiger partial charge < -0.3 is 5.32 Å². The van der Waals surface area contributed by atoms with Crippen LogP contribution in [0.5, 0.6) is 0 Å². The topological polar surface area (TPSA) is 37.8 Å². The molecule has 2 aromatic rings. The highest BCUT2D eigenvalue weighted by molar-refractivity contribution is 6.48. The normalized spacial score (nSPS) is 12.4. The molecule has 0 aliphatic carbocycles. The van der Waals surface area contributed by atoms with Crippen LogP contribution in [0.15, 0.2) is 24.5 Å². The number of nitrogens with one attached hydrogen (secondary N) is 1. The van der Waals surface area contributed by atoms with Crippen molar-refractivity contribution in [2.75, 3.05) is 0 Å². The van der Waals surface area contributed by atoms with Crippen molar-refractivity contribution < 1.29 is 0 Å². The average molecular weight is 331 g/mol. The summed E-state index contributed by atoms with van der Waals surface area (Å²) in [5, 5.41) is 4.65. The van der Waals surface area contributed by atoms with Crippen molar-refractivity contribution in [3.63, 3.8) is 0 Å². The zero-order chi connectivity index (χ0) is 14.7. The van der Waals surface area contributed by atoms with Gasteiger partial charge in [-0.15, -0.1) is 0 Å². The van der Waals surface area contributed by atoms with Gasteiger partial charge >= 0.3 is 0 Å². The van der Waals surface area contributed by atoms with Crippen LogP contribution in [-0.2, 0) is 6.54 Å². The van der Waals surface area contributed by atoms with Gasteiger partial charge in [0.2, 0.25) is 0 Å². The third-order valence-corrected chi connectivity index (χ3v) is 4.26. The van der Waals surface area contributed by atoms with Crippen LogP contribution in [-0.4, -0.2) is 9.97 Å². The van der Waals surface area contributed by atoms with Crippen molar-refractivity contribution >= 4 is 34.8 Å². The molecule has 1 unspecified atom stereocenters. The molecule has 0 amide bonds. The van der Waals surface area contributed by atoms with Crippen molar-refractivity contribution in [1.82, 2.24) is 15.3 Å². The lowest BCUT2D eigenvalue weighted by Crippen LogP contribution is -2.19. The highest BCUT2D eigenvalue weighted by Crippen LogP contribution is 2.35. The van der Waals surface area contributed by atoms with Gasteiger partial charge in [0.25, 0.3) is 0 Å². The molecule has 1 aromatic carbocycles. The molecule has 20 heavy (non-hydrogen) atoms. The molecule has 1 aromatic heterocycles. The minimum Gasteiger partial charge on any atom is -0.304 e. The Morgan fingerprint density at radius 1 is 1.10 bits per heavy atom. The first kappa shape index (κ1) is 15.5. The summed E-state index contributed by atoms with van der Waals surface area (Å²) in [5.41, 5.74) is 2.68. The summed E-state index contributed by atoms with van der Waals surface area (Å²) in [7, 11) is 0. The lowest BCUT2D eigenvalue weighted by Gasteiger charge is -2.16. The molecule has 0 fully saturated rings. The van der Waals surface area contributed by atoms with Crippen molar-refractivity contribution in [2.24, 2.45) is 0 Å². The minimum atomic E-state index is 0.0281. The van der Waals surface area contributed by atoms with Crippen molar-refractivity contribution in [2.45, 2.75) is 26.4 Å². The second-order valence-electron chi connectivity index (χ2n) is 4.52. The number of rotatable bonds is 4. The summed E-state index contributed by atoms with van der Waals surface area (Å²) in [6.07, 6.45) is 3.50. The molecule has 0 bridgehead atoms. The van der Waals surface area contributed by atoms with Crippen LogP contribution >= 0.6 is 34.8 Å². The molecule has 0 saturated carbocycles. The number of halogens is 3. The molecular formula is C14H14Cl3N3. The van der Waals surface area contributed by atoms with Crippen LogP contribution in [0.1, 0.15) is 29.9 Å². The first-order valence-electron chi connectivity index (χ1n) is 6.13. The maximum Gasteiger partial charge on any atom is 0.0781 e. The molecule has 1 heterocycles. The SMILES string of the molecule is Cc1cnc(CNC(C)c2ccc(Cl)c(Cl)c2Cl)cn1. The molecule has 6 heteroatoms. The number of hydrogen-bond acceptors (Lipinski definition) is 3. The molecule has 0 spiro atoms. The molecule has 0 saturated heterocycles. The Morgan fingerprint density at radius 3 is 2.50 bits per heavy atom. The predicted molar refractivity (Wildman–Crippen MR) is 83.5 cm³/mol. The quantitative estimate of drug-likeness (QED) is 0.833. The van der Waals surface area contributed by atoms with E-state index < -0.39 is 0 Å². The molecule has 106 valence electrons. The van der Waals surface area contributed by atoms with E-state index >= 15 is 0 Å². The Bertz CT molecular complexity index is 599. The van der Waals surface area contributed by atoms with E-state index in [1.54, 1.807) is 18.5 Å². The van der Waals surface area contributed by atoms with Gasteiger partial charge in [0.1, 0.15) is 0 Å². The third kappa shape index (κ3) is 3.61. The summed E-state index contributed by atoms with van der Waals surface area (Å²) >= 11 is 18.2. The van der Waals surface area contributed by atoms with Gasteiger partial charge in [-0.1, -0.05) is 40.9 Å². The number of nitrogens with zero attached hydrogens (tertiary/aromatic N) is 2. The molecule has 0 aliphatic heterocycles. The Kier molecular flexibility index (Phi) is 5.22. The maximum absolute atomic E-state index is 6.21. The highest BCUT2D eigenvalue weighted by atomic mass is 35.5.